The van der Waals surface area contributed by atoms with Gasteiger partial charge < -0.3 is 15.6 Å². The SMILES string of the molecule is Nc1ccc(OC=Cc2ccccc2O)cc1. The van der Waals surface area contributed by atoms with Crippen molar-refractivity contribution in [3.8, 4) is 11.5 Å². The number of rotatable bonds is 3. The molecule has 0 aromatic heterocycles. The Morgan fingerprint density at radius 3 is 2.41 bits per heavy atom. The van der Waals surface area contributed by atoms with Crippen molar-refractivity contribution >= 4 is 11.8 Å². The van der Waals surface area contributed by atoms with Crippen molar-refractivity contribution in [2.24, 2.45) is 0 Å². The van der Waals surface area contributed by atoms with E-state index in [1.54, 1.807) is 48.5 Å². The molecule has 0 bridgehead atoms. The summed E-state index contributed by atoms with van der Waals surface area (Å²) in [5, 5.41) is 9.52. The van der Waals surface area contributed by atoms with Crippen LogP contribution in [-0.4, -0.2) is 5.11 Å². The first-order chi connectivity index (χ1) is 8.25. The molecule has 3 nitrogen and oxygen atoms in total. The van der Waals surface area contributed by atoms with Crippen LogP contribution in [0.3, 0.4) is 0 Å². The van der Waals surface area contributed by atoms with E-state index in [1.807, 2.05) is 6.07 Å². The zero-order chi connectivity index (χ0) is 12.1. The average Bonchev–Trinajstić information content (AvgIpc) is 2.34. The molecule has 0 amide bonds. The maximum Gasteiger partial charge on any atom is 0.126 e. The molecule has 0 radical (unpaired) electrons. The summed E-state index contributed by atoms with van der Waals surface area (Å²) in [6, 6.07) is 14.2. The minimum atomic E-state index is 0.227. The van der Waals surface area contributed by atoms with Gasteiger partial charge in [0.25, 0.3) is 0 Å². The summed E-state index contributed by atoms with van der Waals surface area (Å²) in [6.45, 7) is 0. The third-order valence-corrected chi connectivity index (χ3v) is 2.27. The zero-order valence-corrected chi connectivity index (χ0v) is 9.21. The Balaban J connectivity index is 2.03. The van der Waals surface area contributed by atoms with Gasteiger partial charge in [0.15, 0.2) is 0 Å². The molecule has 2 aromatic carbocycles. The van der Waals surface area contributed by atoms with Crippen LogP contribution in [0.25, 0.3) is 6.08 Å². The third kappa shape index (κ3) is 3.01. The van der Waals surface area contributed by atoms with Gasteiger partial charge in [-0.05, 0) is 36.4 Å². The first-order valence-corrected chi connectivity index (χ1v) is 5.22. The fourth-order valence-electron chi connectivity index (χ4n) is 1.36. The van der Waals surface area contributed by atoms with Crippen molar-refractivity contribution in [1.29, 1.82) is 0 Å². The fraction of sp³-hybridized carbons (Fsp3) is 0. The maximum absolute atomic E-state index is 9.52. The predicted molar refractivity (Wildman–Crippen MR) is 68.6 cm³/mol. The van der Waals surface area contributed by atoms with Crippen molar-refractivity contribution in [1.82, 2.24) is 0 Å². The first-order valence-electron chi connectivity index (χ1n) is 5.22. The van der Waals surface area contributed by atoms with E-state index < -0.39 is 0 Å². The van der Waals surface area contributed by atoms with Crippen LogP contribution in [0, 0.1) is 0 Å². The lowest BCUT2D eigenvalue weighted by Crippen LogP contribution is -1.85. The van der Waals surface area contributed by atoms with Crippen molar-refractivity contribution in [2.75, 3.05) is 5.73 Å². The molecule has 0 atom stereocenters. The van der Waals surface area contributed by atoms with Gasteiger partial charge >= 0.3 is 0 Å². The Labute approximate surface area is 99.8 Å². The number of phenols is 1. The highest BCUT2D eigenvalue weighted by Gasteiger charge is 1.94. The molecule has 3 heteroatoms. The van der Waals surface area contributed by atoms with Crippen LogP contribution in [0.2, 0.25) is 0 Å². The molecule has 3 N–H and O–H groups in total. The van der Waals surface area contributed by atoms with E-state index in [0.717, 1.165) is 0 Å². The summed E-state index contributed by atoms with van der Waals surface area (Å²) in [4.78, 5) is 0. The van der Waals surface area contributed by atoms with E-state index in [0.29, 0.717) is 17.0 Å². The summed E-state index contributed by atoms with van der Waals surface area (Å²) >= 11 is 0. The number of nitrogen functional groups attached to an aromatic ring is 1. The van der Waals surface area contributed by atoms with Crippen LogP contribution >= 0.6 is 0 Å². The second-order valence-corrected chi connectivity index (χ2v) is 3.55. The van der Waals surface area contributed by atoms with Gasteiger partial charge in [0.2, 0.25) is 0 Å². The van der Waals surface area contributed by atoms with Gasteiger partial charge in [-0.15, -0.1) is 0 Å². The summed E-state index contributed by atoms with van der Waals surface area (Å²) in [5.74, 6) is 0.926. The van der Waals surface area contributed by atoms with E-state index >= 15 is 0 Å². The quantitative estimate of drug-likeness (QED) is 0.626. The lowest BCUT2D eigenvalue weighted by molar-refractivity contribution is 0.471. The van der Waals surface area contributed by atoms with Crippen LogP contribution in [0.5, 0.6) is 11.5 Å². The minimum Gasteiger partial charge on any atom is -0.507 e. The second kappa shape index (κ2) is 5.07. The van der Waals surface area contributed by atoms with Gasteiger partial charge in [-0.25, -0.2) is 0 Å². The van der Waals surface area contributed by atoms with Crippen LogP contribution in [-0.2, 0) is 0 Å². The normalized spacial score (nSPS) is 10.6. The maximum atomic E-state index is 9.52. The summed E-state index contributed by atoms with van der Waals surface area (Å²) in [6.07, 6.45) is 3.23. The molecule has 2 aromatic rings. The van der Waals surface area contributed by atoms with Crippen LogP contribution in [0.15, 0.2) is 54.8 Å². The fourth-order valence-corrected chi connectivity index (χ4v) is 1.36. The Kier molecular flexibility index (Phi) is 3.31. The number of phenolic OH excluding ortho intramolecular Hbond substituents is 1. The van der Waals surface area contributed by atoms with Gasteiger partial charge in [-0.2, -0.15) is 0 Å². The van der Waals surface area contributed by atoms with E-state index in [1.165, 1.54) is 6.26 Å². The zero-order valence-electron chi connectivity index (χ0n) is 9.21. The Morgan fingerprint density at radius 1 is 1.00 bits per heavy atom. The number of hydrogen-bond donors (Lipinski definition) is 2. The van der Waals surface area contributed by atoms with Gasteiger partial charge in [0, 0.05) is 11.3 Å². The largest absolute Gasteiger partial charge is 0.507 e. The van der Waals surface area contributed by atoms with Gasteiger partial charge in [0.05, 0.1) is 6.26 Å². The topological polar surface area (TPSA) is 55.5 Å². The van der Waals surface area contributed by atoms with Crippen LogP contribution in [0.4, 0.5) is 5.69 Å². The number of ether oxygens (including phenoxy) is 1. The van der Waals surface area contributed by atoms with Crippen molar-refractivity contribution in [2.45, 2.75) is 0 Å². The number of para-hydroxylation sites is 1. The molecular formula is C14H13NO2. The summed E-state index contributed by atoms with van der Waals surface area (Å²) in [5.41, 5.74) is 6.97. The molecule has 0 aliphatic rings. The smallest absolute Gasteiger partial charge is 0.126 e. The van der Waals surface area contributed by atoms with E-state index in [2.05, 4.69) is 0 Å². The van der Waals surface area contributed by atoms with Crippen molar-refractivity contribution in [3.63, 3.8) is 0 Å². The molecule has 2 rings (SSSR count). The lowest BCUT2D eigenvalue weighted by Gasteiger charge is -2.01. The molecule has 17 heavy (non-hydrogen) atoms. The third-order valence-electron chi connectivity index (χ3n) is 2.27. The van der Waals surface area contributed by atoms with Gasteiger partial charge in [-0.3, -0.25) is 0 Å². The molecular weight excluding hydrogens is 214 g/mol. The van der Waals surface area contributed by atoms with E-state index in [-0.39, 0.29) is 5.75 Å². The Hall–Kier alpha value is -2.42. The van der Waals surface area contributed by atoms with Crippen molar-refractivity contribution in [3.05, 3.63) is 60.4 Å². The molecule has 0 fully saturated rings. The van der Waals surface area contributed by atoms with Gasteiger partial charge in [-0.1, -0.05) is 18.2 Å². The van der Waals surface area contributed by atoms with Gasteiger partial charge in [0.1, 0.15) is 11.5 Å². The van der Waals surface area contributed by atoms with Crippen LogP contribution < -0.4 is 10.5 Å². The molecule has 0 aliphatic carbocycles. The molecule has 86 valence electrons. The monoisotopic (exact) mass is 227 g/mol. The standard InChI is InChI=1S/C14H13NO2/c15-12-5-7-13(8-6-12)17-10-9-11-3-1-2-4-14(11)16/h1-10,16H,15H2. The summed E-state index contributed by atoms with van der Waals surface area (Å²) in [7, 11) is 0. The van der Waals surface area contributed by atoms with E-state index in [9.17, 15) is 5.11 Å². The molecule has 0 spiro atoms. The Morgan fingerprint density at radius 2 is 1.71 bits per heavy atom. The molecule has 0 aliphatic heterocycles. The number of anilines is 1. The molecule has 0 saturated carbocycles. The first kappa shape index (κ1) is 11.1. The average molecular weight is 227 g/mol. The molecule has 0 unspecified atom stereocenters. The Bertz CT molecular complexity index is 518. The highest BCUT2D eigenvalue weighted by molar-refractivity contribution is 5.56. The predicted octanol–water partition coefficient (Wildman–Crippen LogP) is 3.02. The highest BCUT2D eigenvalue weighted by Crippen LogP contribution is 2.18. The minimum absolute atomic E-state index is 0.227. The summed E-state index contributed by atoms with van der Waals surface area (Å²) < 4.78 is 5.37. The molecule has 0 saturated heterocycles. The van der Waals surface area contributed by atoms with Crippen molar-refractivity contribution < 1.29 is 9.84 Å². The number of hydrogen-bond acceptors (Lipinski definition) is 3. The number of nitrogens with two attached hydrogens (primary N) is 1. The van der Waals surface area contributed by atoms with E-state index in [4.69, 9.17) is 10.5 Å². The molecule has 0 heterocycles. The second-order valence-electron chi connectivity index (χ2n) is 3.55. The number of benzene rings is 2. The van der Waals surface area contributed by atoms with Crippen LogP contribution in [0.1, 0.15) is 5.56 Å². The lowest BCUT2D eigenvalue weighted by atomic mass is 10.2. The number of aromatic hydroxyl groups is 1. The highest BCUT2D eigenvalue weighted by atomic mass is 16.5.